The van der Waals surface area contributed by atoms with Crippen molar-refractivity contribution in [2.45, 2.75) is 20.8 Å². The summed E-state index contributed by atoms with van der Waals surface area (Å²) >= 11 is 7.82. The second-order valence-electron chi connectivity index (χ2n) is 4.68. The van der Waals surface area contributed by atoms with Gasteiger partial charge in [0.2, 0.25) is 5.88 Å². The number of aryl methyl sites for hydroxylation is 3. The van der Waals surface area contributed by atoms with E-state index in [1.54, 1.807) is 11.3 Å². The summed E-state index contributed by atoms with van der Waals surface area (Å²) in [5.74, 6) is 1.18. The second kappa shape index (κ2) is 5.04. The largest absolute Gasteiger partial charge is 0.437 e. The van der Waals surface area contributed by atoms with Gasteiger partial charge in [0.15, 0.2) is 0 Å². The molecule has 0 aliphatic rings. The molecule has 5 heteroatoms. The first-order valence-electron chi connectivity index (χ1n) is 6.21. The van der Waals surface area contributed by atoms with Crippen molar-refractivity contribution < 1.29 is 4.74 Å². The molecule has 3 nitrogen and oxygen atoms in total. The van der Waals surface area contributed by atoms with E-state index in [0.717, 1.165) is 21.3 Å². The fourth-order valence-corrected chi connectivity index (χ4v) is 3.16. The molecule has 3 rings (SSSR count). The molecule has 0 radical (unpaired) electrons. The van der Waals surface area contributed by atoms with Crippen LogP contribution in [0, 0.1) is 20.8 Å². The molecule has 0 amide bonds. The highest BCUT2D eigenvalue weighted by molar-refractivity contribution is 7.18. The maximum absolute atomic E-state index is 6.18. The summed E-state index contributed by atoms with van der Waals surface area (Å²) in [5, 5.41) is 1.54. The number of ether oxygens (including phenoxy) is 1. The number of hydrogen-bond acceptors (Lipinski definition) is 4. The van der Waals surface area contributed by atoms with Crippen molar-refractivity contribution in [3.63, 3.8) is 0 Å². The van der Waals surface area contributed by atoms with Crippen molar-refractivity contribution in [1.29, 1.82) is 0 Å². The van der Waals surface area contributed by atoms with E-state index >= 15 is 0 Å². The van der Waals surface area contributed by atoms with Gasteiger partial charge in [-0.05, 0) is 44.0 Å². The average molecular weight is 305 g/mol. The third-order valence-electron chi connectivity index (χ3n) is 3.22. The predicted molar refractivity (Wildman–Crippen MR) is 83.2 cm³/mol. The SMILES string of the molecule is Cc1ccc(Cl)c(Oc2ncnc3sc(C)c(C)c23)c1. The topological polar surface area (TPSA) is 35.0 Å². The lowest BCUT2D eigenvalue weighted by Gasteiger charge is -2.08. The molecule has 0 saturated carbocycles. The molecular formula is C15H13ClN2OS. The molecule has 0 aliphatic heterocycles. The van der Waals surface area contributed by atoms with E-state index in [-0.39, 0.29) is 0 Å². The first kappa shape index (κ1) is 13.3. The average Bonchev–Trinajstić information content (AvgIpc) is 2.71. The molecule has 1 aromatic carbocycles. The van der Waals surface area contributed by atoms with E-state index in [9.17, 15) is 0 Å². The van der Waals surface area contributed by atoms with Crippen LogP contribution < -0.4 is 4.74 Å². The number of halogens is 1. The highest BCUT2D eigenvalue weighted by Crippen LogP contribution is 2.37. The van der Waals surface area contributed by atoms with Gasteiger partial charge >= 0.3 is 0 Å². The third-order valence-corrected chi connectivity index (χ3v) is 4.65. The van der Waals surface area contributed by atoms with Gasteiger partial charge in [-0.25, -0.2) is 9.97 Å². The van der Waals surface area contributed by atoms with Crippen LogP contribution in [0.2, 0.25) is 5.02 Å². The van der Waals surface area contributed by atoms with Crippen molar-refractivity contribution in [2.24, 2.45) is 0 Å². The lowest BCUT2D eigenvalue weighted by Crippen LogP contribution is -1.92. The lowest BCUT2D eigenvalue weighted by molar-refractivity contribution is 0.468. The van der Waals surface area contributed by atoms with Crippen LogP contribution in [0.25, 0.3) is 10.2 Å². The van der Waals surface area contributed by atoms with Gasteiger partial charge in [0, 0.05) is 4.88 Å². The Morgan fingerprint density at radius 2 is 1.95 bits per heavy atom. The Morgan fingerprint density at radius 3 is 2.75 bits per heavy atom. The lowest BCUT2D eigenvalue weighted by atomic mass is 10.2. The minimum absolute atomic E-state index is 0.560. The Labute approximate surface area is 126 Å². The molecule has 0 saturated heterocycles. The van der Waals surface area contributed by atoms with E-state index < -0.39 is 0 Å². The number of fused-ring (bicyclic) bond motifs is 1. The monoisotopic (exact) mass is 304 g/mol. The summed E-state index contributed by atoms with van der Waals surface area (Å²) in [6.07, 6.45) is 1.52. The van der Waals surface area contributed by atoms with Gasteiger partial charge in [0.25, 0.3) is 0 Å². The number of rotatable bonds is 2. The molecule has 0 spiro atoms. The van der Waals surface area contributed by atoms with Gasteiger partial charge in [-0.15, -0.1) is 11.3 Å². The summed E-state index contributed by atoms with van der Waals surface area (Å²) in [6.45, 7) is 6.13. The minimum Gasteiger partial charge on any atom is -0.437 e. The number of nitrogens with zero attached hydrogens (tertiary/aromatic N) is 2. The molecule has 0 aliphatic carbocycles. The minimum atomic E-state index is 0.560. The fourth-order valence-electron chi connectivity index (χ4n) is 2.02. The van der Waals surface area contributed by atoms with Crippen LogP contribution in [-0.2, 0) is 0 Å². The van der Waals surface area contributed by atoms with Crippen LogP contribution in [0.4, 0.5) is 0 Å². The van der Waals surface area contributed by atoms with Gasteiger partial charge in [-0.1, -0.05) is 17.7 Å². The van der Waals surface area contributed by atoms with Crippen molar-refractivity contribution in [2.75, 3.05) is 0 Å². The zero-order chi connectivity index (χ0) is 14.3. The molecule has 0 fully saturated rings. The molecule has 0 bridgehead atoms. The summed E-state index contributed by atoms with van der Waals surface area (Å²) in [5.41, 5.74) is 2.25. The molecule has 0 N–H and O–H groups in total. The first-order valence-corrected chi connectivity index (χ1v) is 7.40. The Bertz CT molecular complexity index is 798. The van der Waals surface area contributed by atoms with Gasteiger partial charge in [-0.2, -0.15) is 0 Å². The van der Waals surface area contributed by atoms with E-state index in [2.05, 4.69) is 23.8 Å². The van der Waals surface area contributed by atoms with Crippen LogP contribution in [-0.4, -0.2) is 9.97 Å². The van der Waals surface area contributed by atoms with E-state index in [0.29, 0.717) is 16.7 Å². The highest BCUT2D eigenvalue weighted by atomic mass is 35.5. The van der Waals surface area contributed by atoms with E-state index in [1.807, 2.05) is 25.1 Å². The highest BCUT2D eigenvalue weighted by Gasteiger charge is 2.14. The predicted octanol–water partition coefficient (Wildman–Crippen LogP) is 5.06. The zero-order valence-corrected chi connectivity index (χ0v) is 13.0. The standard InChI is InChI=1S/C15H13ClN2OS/c1-8-4-5-11(16)12(6-8)19-14-13-9(2)10(3)20-15(13)18-7-17-14/h4-7H,1-3H3. The Morgan fingerprint density at radius 1 is 1.15 bits per heavy atom. The molecule has 0 unspecified atom stereocenters. The van der Waals surface area contributed by atoms with E-state index in [4.69, 9.17) is 16.3 Å². The summed E-state index contributed by atoms with van der Waals surface area (Å²) in [6, 6.07) is 5.69. The van der Waals surface area contributed by atoms with Crippen LogP contribution in [0.3, 0.4) is 0 Å². The number of aromatic nitrogens is 2. The summed E-state index contributed by atoms with van der Waals surface area (Å²) in [7, 11) is 0. The summed E-state index contributed by atoms with van der Waals surface area (Å²) < 4.78 is 5.92. The molecular weight excluding hydrogens is 292 g/mol. The molecule has 2 heterocycles. The number of thiophene rings is 1. The number of hydrogen-bond donors (Lipinski definition) is 0. The van der Waals surface area contributed by atoms with Crippen LogP contribution in [0.1, 0.15) is 16.0 Å². The quantitative estimate of drug-likeness (QED) is 0.663. The summed E-state index contributed by atoms with van der Waals surface area (Å²) in [4.78, 5) is 10.7. The Balaban J connectivity index is 2.13. The van der Waals surface area contributed by atoms with Gasteiger partial charge < -0.3 is 4.74 Å². The molecule has 3 aromatic rings. The molecule has 102 valence electrons. The van der Waals surface area contributed by atoms with Crippen molar-refractivity contribution in [3.05, 3.63) is 45.6 Å². The Hall–Kier alpha value is -1.65. The molecule has 0 atom stereocenters. The third kappa shape index (κ3) is 2.25. The first-order chi connectivity index (χ1) is 9.56. The van der Waals surface area contributed by atoms with Crippen molar-refractivity contribution in [3.8, 4) is 11.6 Å². The van der Waals surface area contributed by atoms with Crippen molar-refractivity contribution >= 4 is 33.2 Å². The second-order valence-corrected chi connectivity index (χ2v) is 6.29. The maximum Gasteiger partial charge on any atom is 0.231 e. The van der Waals surface area contributed by atoms with Crippen molar-refractivity contribution in [1.82, 2.24) is 9.97 Å². The maximum atomic E-state index is 6.18. The molecule has 20 heavy (non-hydrogen) atoms. The van der Waals surface area contributed by atoms with Crippen LogP contribution >= 0.6 is 22.9 Å². The number of benzene rings is 1. The van der Waals surface area contributed by atoms with Crippen LogP contribution in [0.15, 0.2) is 24.5 Å². The van der Waals surface area contributed by atoms with Gasteiger partial charge in [0.05, 0.1) is 10.4 Å². The zero-order valence-electron chi connectivity index (χ0n) is 11.4. The van der Waals surface area contributed by atoms with Crippen LogP contribution in [0.5, 0.6) is 11.6 Å². The Kier molecular flexibility index (Phi) is 3.36. The van der Waals surface area contributed by atoms with Gasteiger partial charge in [0.1, 0.15) is 16.9 Å². The molecule has 2 aromatic heterocycles. The smallest absolute Gasteiger partial charge is 0.231 e. The normalized spacial score (nSPS) is 11.0. The van der Waals surface area contributed by atoms with E-state index in [1.165, 1.54) is 11.2 Å². The van der Waals surface area contributed by atoms with Gasteiger partial charge in [-0.3, -0.25) is 0 Å². The fraction of sp³-hybridized carbons (Fsp3) is 0.200.